The van der Waals surface area contributed by atoms with Gasteiger partial charge >= 0.3 is 17.9 Å². The third-order valence-electron chi connectivity index (χ3n) is 5.05. The molecule has 6 nitrogen and oxygen atoms in total. The van der Waals surface area contributed by atoms with Crippen molar-refractivity contribution >= 4 is 29.1 Å². The molecule has 0 fully saturated rings. The molecule has 0 saturated carbocycles. The highest BCUT2D eigenvalue weighted by molar-refractivity contribution is 5.93. The molecule has 0 unspecified atom stereocenters. The normalized spacial score (nSPS) is 11.1. The summed E-state index contributed by atoms with van der Waals surface area (Å²) < 4.78 is 16.1. The van der Waals surface area contributed by atoms with E-state index in [0.717, 1.165) is 22.3 Å². The van der Waals surface area contributed by atoms with Crippen molar-refractivity contribution in [3.63, 3.8) is 0 Å². The Labute approximate surface area is 206 Å². The minimum absolute atomic E-state index is 0.0990. The Morgan fingerprint density at radius 2 is 1.11 bits per heavy atom. The fourth-order valence-electron chi connectivity index (χ4n) is 3.06. The van der Waals surface area contributed by atoms with Crippen LogP contribution in [0.5, 0.6) is 17.2 Å². The monoisotopic (exact) mass is 474 g/mol. The summed E-state index contributed by atoms with van der Waals surface area (Å²) in [6, 6.07) is 12.2. The molecule has 0 aromatic heterocycles. The molecule has 2 rings (SSSR count). The van der Waals surface area contributed by atoms with E-state index in [-0.39, 0.29) is 22.6 Å². The van der Waals surface area contributed by atoms with Crippen molar-refractivity contribution in [2.45, 2.75) is 41.0 Å². The number of hydrogen-bond donors (Lipinski definition) is 0. The SMILES string of the molecule is C=C(C)C(=O)Oc1ccc(/C(CC)=C(\C)c2ccc(OC(=O)C(=C)C)c(OC(=O)C(=C)C)c2)cc1. The summed E-state index contributed by atoms with van der Waals surface area (Å²) in [6.07, 6.45) is 0.712. The maximum absolute atomic E-state index is 12.2. The first kappa shape index (κ1) is 27.1. The van der Waals surface area contributed by atoms with Crippen molar-refractivity contribution in [1.29, 1.82) is 0 Å². The molecule has 6 heteroatoms. The van der Waals surface area contributed by atoms with Gasteiger partial charge < -0.3 is 14.2 Å². The topological polar surface area (TPSA) is 78.9 Å². The molecule has 0 amide bonds. The third kappa shape index (κ3) is 7.14. The molecular formula is C29H30O6. The second kappa shape index (κ2) is 11.8. The number of hydrogen-bond acceptors (Lipinski definition) is 6. The van der Waals surface area contributed by atoms with E-state index in [1.54, 1.807) is 37.3 Å². The summed E-state index contributed by atoms with van der Waals surface area (Å²) >= 11 is 0. The first-order chi connectivity index (χ1) is 16.4. The first-order valence-electron chi connectivity index (χ1n) is 11.0. The van der Waals surface area contributed by atoms with Crippen LogP contribution in [0.3, 0.4) is 0 Å². The van der Waals surface area contributed by atoms with Gasteiger partial charge in [0.2, 0.25) is 0 Å². The van der Waals surface area contributed by atoms with Crippen LogP contribution in [0.15, 0.2) is 78.9 Å². The Kier molecular flexibility index (Phi) is 9.11. The smallest absolute Gasteiger partial charge is 0.338 e. The van der Waals surface area contributed by atoms with E-state index in [0.29, 0.717) is 17.7 Å². The number of carbonyl (C=O) groups is 3. The summed E-state index contributed by atoms with van der Waals surface area (Å²) in [5, 5.41) is 0. The number of carbonyl (C=O) groups excluding carboxylic acids is 3. The van der Waals surface area contributed by atoms with Crippen LogP contribution in [0.4, 0.5) is 0 Å². The summed E-state index contributed by atoms with van der Waals surface area (Å²) in [5.74, 6) is -1.11. The molecule has 2 aromatic carbocycles. The Morgan fingerprint density at radius 1 is 0.657 bits per heavy atom. The largest absolute Gasteiger partial charge is 0.423 e. The van der Waals surface area contributed by atoms with Crippen molar-refractivity contribution in [3.05, 3.63) is 90.0 Å². The molecule has 0 aliphatic carbocycles. The van der Waals surface area contributed by atoms with Gasteiger partial charge in [-0.25, -0.2) is 14.4 Å². The van der Waals surface area contributed by atoms with E-state index >= 15 is 0 Å². The lowest BCUT2D eigenvalue weighted by molar-refractivity contribution is -0.132. The predicted molar refractivity (Wildman–Crippen MR) is 137 cm³/mol. The van der Waals surface area contributed by atoms with E-state index in [1.807, 2.05) is 26.0 Å². The Bertz CT molecular complexity index is 1230. The van der Waals surface area contributed by atoms with Crippen molar-refractivity contribution in [2.75, 3.05) is 0 Å². The summed E-state index contributed by atoms with van der Waals surface area (Å²) in [7, 11) is 0. The maximum atomic E-state index is 12.2. The van der Waals surface area contributed by atoms with Crippen LogP contribution in [0, 0.1) is 0 Å². The second-order valence-corrected chi connectivity index (χ2v) is 8.15. The van der Waals surface area contributed by atoms with Gasteiger partial charge in [0.25, 0.3) is 0 Å². The molecule has 0 N–H and O–H groups in total. The zero-order valence-electron chi connectivity index (χ0n) is 20.8. The van der Waals surface area contributed by atoms with Gasteiger partial charge in [-0.15, -0.1) is 0 Å². The molecule has 0 spiro atoms. The highest BCUT2D eigenvalue weighted by Gasteiger charge is 2.17. The van der Waals surface area contributed by atoms with Gasteiger partial charge in [-0.3, -0.25) is 0 Å². The first-order valence-corrected chi connectivity index (χ1v) is 11.0. The molecule has 0 heterocycles. The van der Waals surface area contributed by atoms with Gasteiger partial charge in [0, 0.05) is 16.7 Å². The fourth-order valence-corrected chi connectivity index (χ4v) is 3.06. The maximum Gasteiger partial charge on any atom is 0.338 e. The molecule has 2 aromatic rings. The van der Waals surface area contributed by atoms with Crippen LogP contribution in [-0.4, -0.2) is 17.9 Å². The molecule has 182 valence electrons. The second-order valence-electron chi connectivity index (χ2n) is 8.15. The Hall–Kier alpha value is -4.19. The molecule has 0 aliphatic heterocycles. The summed E-state index contributed by atoms with van der Waals surface area (Å²) in [5.41, 5.74) is 4.43. The summed E-state index contributed by atoms with van der Waals surface area (Å²) in [4.78, 5) is 36.0. The standard InChI is InChI=1S/C29H30O6/c1-9-24(21-10-13-23(14-11-21)33-27(30)17(2)3)20(8)22-12-15-25(34-28(31)18(4)5)26(16-22)35-29(32)19(6)7/h10-16H,2,4,6,9H2,1,3,5,7-8H3/b24-20+. The lowest BCUT2D eigenvalue weighted by Crippen LogP contribution is -2.13. The van der Waals surface area contributed by atoms with Crippen LogP contribution in [0.1, 0.15) is 52.2 Å². The fraction of sp³-hybridized carbons (Fsp3) is 0.207. The predicted octanol–water partition coefficient (Wildman–Crippen LogP) is 6.47. The molecule has 0 saturated heterocycles. The number of allylic oxidation sites excluding steroid dienone is 2. The van der Waals surface area contributed by atoms with Crippen molar-refractivity contribution in [2.24, 2.45) is 0 Å². The van der Waals surface area contributed by atoms with Gasteiger partial charge in [0.1, 0.15) is 5.75 Å². The minimum Gasteiger partial charge on any atom is -0.423 e. The highest BCUT2D eigenvalue weighted by Crippen LogP contribution is 2.36. The number of rotatable bonds is 9. The van der Waals surface area contributed by atoms with Crippen molar-refractivity contribution in [1.82, 2.24) is 0 Å². The lowest BCUT2D eigenvalue weighted by atomic mass is 9.93. The average molecular weight is 475 g/mol. The van der Waals surface area contributed by atoms with Crippen molar-refractivity contribution < 1.29 is 28.6 Å². The van der Waals surface area contributed by atoms with E-state index in [4.69, 9.17) is 14.2 Å². The van der Waals surface area contributed by atoms with Gasteiger partial charge in [-0.1, -0.05) is 44.9 Å². The van der Waals surface area contributed by atoms with Gasteiger partial charge in [0.15, 0.2) is 11.5 Å². The van der Waals surface area contributed by atoms with Crippen LogP contribution < -0.4 is 14.2 Å². The third-order valence-corrected chi connectivity index (χ3v) is 5.05. The number of ether oxygens (including phenoxy) is 3. The Morgan fingerprint density at radius 3 is 1.60 bits per heavy atom. The summed E-state index contributed by atoms with van der Waals surface area (Å²) in [6.45, 7) is 19.4. The molecule has 0 bridgehead atoms. The molecule has 0 radical (unpaired) electrons. The van der Waals surface area contributed by atoms with Gasteiger partial charge in [0.05, 0.1) is 0 Å². The Balaban J connectivity index is 2.48. The van der Waals surface area contributed by atoms with E-state index in [2.05, 4.69) is 19.7 Å². The minimum atomic E-state index is -0.632. The molecular weight excluding hydrogens is 444 g/mol. The van der Waals surface area contributed by atoms with Crippen LogP contribution >= 0.6 is 0 Å². The van der Waals surface area contributed by atoms with Crippen LogP contribution in [-0.2, 0) is 14.4 Å². The van der Waals surface area contributed by atoms with Crippen LogP contribution in [0.25, 0.3) is 11.1 Å². The zero-order valence-corrected chi connectivity index (χ0v) is 20.8. The van der Waals surface area contributed by atoms with E-state index < -0.39 is 17.9 Å². The zero-order chi connectivity index (χ0) is 26.3. The molecule has 0 aliphatic rings. The van der Waals surface area contributed by atoms with Crippen LogP contribution in [0.2, 0.25) is 0 Å². The van der Waals surface area contributed by atoms with E-state index in [9.17, 15) is 14.4 Å². The quantitative estimate of drug-likeness (QED) is 0.179. The lowest BCUT2D eigenvalue weighted by Gasteiger charge is -2.15. The highest BCUT2D eigenvalue weighted by atomic mass is 16.6. The number of benzene rings is 2. The van der Waals surface area contributed by atoms with Gasteiger partial charge in [-0.2, -0.15) is 0 Å². The van der Waals surface area contributed by atoms with Gasteiger partial charge in [-0.05, 0) is 80.7 Å². The van der Waals surface area contributed by atoms with E-state index in [1.165, 1.54) is 13.8 Å². The molecule has 35 heavy (non-hydrogen) atoms. The number of esters is 3. The average Bonchev–Trinajstić information content (AvgIpc) is 2.81. The molecule has 0 atom stereocenters. The van der Waals surface area contributed by atoms with Crippen molar-refractivity contribution in [3.8, 4) is 17.2 Å².